The quantitative estimate of drug-likeness (QED) is 0.636. The van der Waals surface area contributed by atoms with Gasteiger partial charge in [-0.15, -0.1) is 5.06 Å². The smallest absolute Gasteiger partial charge is 0.269 e. The summed E-state index contributed by atoms with van der Waals surface area (Å²) in [4.78, 5) is 0. The number of halogens is 2. The standard InChI is InChI=1S/C12H14Cl2N2O2/c1-7-12(2,3)16(18)11(15(7)17)9-5-4-8(13)6-10(9)14/h4-6,11,18H,1-3H3. The van der Waals surface area contributed by atoms with E-state index in [1.165, 1.54) is 0 Å². The molecule has 0 bridgehead atoms. The van der Waals surface area contributed by atoms with E-state index >= 15 is 0 Å². The third kappa shape index (κ3) is 1.89. The van der Waals surface area contributed by atoms with Crippen LogP contribution in [0.5, 0.6) is 0 Å². The zero-order chi connectivity index (χ0) is 13.7. The van der Waals surface area contributed by atoms with Crippen molar-refractivity contribution in [2.45, 2.75) is 32.5 Å². The third-order valence-electron chi connectivity index (χ3n) is 3.48. The van der Waals surface area contributed by atoms with Gasteiger partial charge in [0.15, 0.2) is 5.71 Å². The molecule has 1 heterocycles. The van der Waals surface area contributed by atoms with Gasteiger partial charge in [-0.2, -0.15) is 4.74 Å². The summed E-state index contributed by atoms with van der Waals surface area (Å²) in [5.74, 6) is 0. The van der Waals surface area contributed by atoms with Crippen molar-refractivity contribution in [3.8, 4) is 0 Å². The number of benzene rings is 1. The van der Waals surface area contributed by atoms with Gasteiger partial charge in [0.2, 0.25) is 0 Å². The number of hydrogen-bond donors (Lipinski definition) is 1. The topological polar surface area (TPSA) is 49.5 Å². The minimum atomic E-state index is -0.843. The van der Waals surface area contributed by atoms with Crippen LogP contribution in [0.1, 0.15) is 32.5 Å². The van der Waals surface area contributed by atoms with Crippen molar-refractivity contribution in [3.63, 3.8) is 0 Å². The van der Waals surface area contributed by atoms with Crippen LogP contribution in [0.4, 0.5) is 0 Å². The highest BCUT2D eigenvalue weighted by Gasteiger charge is 2.50. The molecule has 0 aliphatic carbocycles. The molecule has 0 radical (unpaired) electrons. The van der Waals surface area contributed by atoms with E-state index in [-0.39, 0.29) is 0 Å². The van der Waals surface area contributed by atoms with Gasteiger partial charge in [0.05, 0.1) is 10.6 Å². The van der Waals surface area contributed by atoms with Crippen LogP contribution >= 0.6 is 23.2 Å². The lowest BCUT2D eigenvalue weighted by Crippen LogP contribution is -2.42. The first kappa shape index (κ1) is 13.6. The molecule has 0 fully saturated rings. The first-order chi connectivity index (χ1) is 8.26. The summed E-state index contributed by atoms with van der Waals surface area (Å²) < 4.78 is 0.773. The molecule has 0 saturated heterocycles. The van der Waals surface area contributed by atoms with Crippen LogP contribution in [0.25, 0.3) is 0 Å². The van der Waals surface area contributed by atoms with Crippen LogP contribution in [0.2, 0.25) is 10.0 Å². The first-order valence-electron chi connectivity index (χ1n) is 5.50. The van der Waals surface area contributed by atoms with Gasteiger partial charge in [-0.05, 0) is 32.0 Å². The molecule has 0 saturated carbocycles. The second kappa shape index (κ2) is 4.38. The Bertz CT molecular complexity index is 529. The Morgan fingerprint density at radius 2 is 2.00 bits per heavy atom. The molecule has 98 valence electrons. The molecule has 18 heavy (non-hydrogen) atoms. The molecule has 0 spiro atoms. The predicted octanol–water partition coefficient (Wildman–Crippen LogP) is 3.45. The molecule has 2 rings (SSSR count). The molecule has 1 atom stereocenters. The Labute approximate surface area is 116 Å². The predicted molar refractivity (Wildman–Crippen MR) is 71.2 cm³/mol. The number of nitrogens with zero attached hydrogens (tertiary/aromatic N) is 2. The normalized spacial score (nSPS) is 23.8. The average molecular weight is 289 g/mol. The number of hydrogen-bond acceptors (Lipinski definition) is 3. The molecule has 4 nitrogen and oxygen atoms in total. The summed E-state index contributed by atoms with van der Waals surface area (Å²) in [5, 5.41) is 24.2. The van der Waals surface area contributed by atoms with Gasteiger partial charge >= 0.3 is 0 Å². The van der Waals surface area contributed by atoms with Crippen LogP contribution in [-0.2, 0) is 0 Å². The van der Waals surface area contributed by atoms with E-state index in [0.29, 0.717) is 21.3 Å². The Morgan fingerprint density at radius 1 is 1.39 bits per heavy atom. The molecule has 1 N–H and O–H groups in total. The summed E-state index contributed by atoms with van der Waals surface area (Å²) in [6, 6.07) is 4.85. The lowest BCUT2D eigenvalue weighted by atomic mass is 10.0. The molecule has 1 aromatic rings. The van der Waals surface area contributed by atoms with Crippen LogP contribution in [0.3, 0.4) is 0 Å². The number of rotatable bonds is 1. The van der Waals surface area contributed by atoms with Gasteiger partial charge in [0, 0.05) is 11.9 Å². The lowest BCUT2D eigenvalue weighted by molar-refractivity contribution is -0.545. The van der Waals surface area contributed by atoms with E-state index in [2.05, 4.69) is 0 Å². The maximum Gasteiger partial charge on any atom is 0.269 e. The summed E-state index contributed by atoms with van der Waals surface area (Å²) in [5.41, 5.74) is 0.333. The minimum absolute atomic E-state index is 0.359. The highest BCUT2D eigenvalue weighted by atomic mass is 35.5. The van der Waals surface area contributed by atoms with E-state index in [4.69, 9.17) is 23.2 Å². The Kier molecular flexibility index (Phi) is 3.32. The van der Waals surface area contributed by atoms with E-state index in [1.807, 2.05) is 0 Å². The maximum absolute atomic E-state index is 12.2. The first-order valence-corrected chi connectivity index (χ1v) is 6.26. The largest absolute Gasteiger partial charge is 0.622 e. The summed E-state index contributed by atoms with van der Waals surface area (Å²) in [7, 11) is 0. The molecule has 0 amide bonds. The fraction of sp³-hybridized carbons (Fsp3) is 0.417. The van der Waals surface area contributed by atoms with Crippen molar-refractivity contribution in [2.24, 2.45) is 0 Å². The average Bonchev–Trinajstić information content (AvgIpc) is 2.43. The summed E-state index contributed by atoms with van der Waals surface area (Å²) >= 11 is 11.9. The molecular formula is C12H14Cl2N2O2. The molecule has 6 heteroatoms. The van der Waals surface area contributed by atoms with Gasteiger partial charge < -0.3 is 10.4 Å². The molecule has 0 aromatic heterocycles. The van der Waals surface area contributed by atoms with Crippen molar-refractivity contribution in [2.75, 3.05) is 0 Å². The lowest BCUT2D eigenvalue weighted by Gasteiger charge is -2.25. The van der Waals surface area contributed by atoms with Crippen LogP contribution in [0.15, 0.2) is 18.2 Å². The highest BCUT2D eigenvalue weighted by molar-refractivity contribution is 6.35. The van der Waals surface area contributed by atoms with E-state index < -0.39 is 11.7 Å². The van der Waals surface area contributed by atoms with Gasteiger partial charge in [0.25, 0.3) is 6.17 Å². The van der Waals surface area contributed by atoms with Crippen molar-refractivity contribution in [1.29, 1.82) is 0 Å². The minimum Gasteiger partial charge on any atom is -0.622 e. The fourth-order valence-corrected chi connectivity index (χ4v) is 2.50. The van der Waals surface area contributed by atoms with Crippen molar-refractivity contribution < 1.29 is 9.95 Å². The second-order valence-electron chi connectivity index (χ2n) is 4.85. The summed E-state index contributed by atoms with van der Waals surface area (Å²) in [6.07, 6.45) is -0.843. The van der Waals surface area contributed by atoms with Gasteiger partial charge in [0.1, 0.15) is 5.54 Å². The van der Waals surface area contributed by atoms with Gasteiger partial charge in [-0.3, -0.25) is 0 Å². The number of hydroxylamine groups is 3. The Morgan fingerprint density at radius 3 is 2.44 bits per heavy atom. The maximum atomic E-state index is 12.2. The zero-order valence-corrected chi connectivity index (χ0v) is 11.8. The second-order valence-corrected chi connectivity index (χ2v) is 5.70. The van der Waals surface area contributed by atoms with Crippen molar-refractivity contribution >= 4 is 28.9 Å². The van der Waals surface area contributed by atoms with E-state index in [1.54, 1.807) is 39.0 Å². The zero-order valence-electron chi connectivity index (χ0n) is 10.3. The van der Waals surface area contributed by atoms with Crippen molar-refractivity contribution in [3.05, 3.63) is 39.0 Å². The van der Waals surface area contributed by atoms with Crippen LogP contribution in [0, 0.1) is 5.21 Å². The van der Waals surface area contributed by atoms with E-state index in [0.717, 1.165) is 9.80 Å². The SMILES string of the molecule is CC1=[N+]([O-])C(c2ccc(Cl)cc2Cl)N(O)C1(C)C. The molecule has 1 aromatic carbocycles. The van der Waals surface area contributed by atoms with E-state index in [9.17, 15) is 10.4 Å². The fourth-order valence-electron chi connectivity index (χ4n) is 1.99. The monoisotopic (exact) mass is 288 g/mol. The summed E-state index contributed by atoms with van der Waals surface area (Å²) in [6.45, 7) is 5.24. The molecule has 1 aliphatic heterocycles. The highest BCUT2D eigenvalue weighted by Crippen LogP contribution is 2.37. The Balaban J connectivity index is 2.53. The van der Waals surface area contributed by atoms with Crippen LogP contribution in [-0.4, -0.2) is 26.3 Å². The van der Waals surface area contributed by atoms with Gasteiger partial charge in [-0.1, -0.05) is 23.2 Å². The molecular weight excluding hydrogens is 275 g/mol. The van der Waals surface area contributed by atoms with Crippen molar-refractivity contribution in [1.82, 2.24) is 5.06 Å². The van der Waals surface area contributed by atoms with Gasteiger partial charge in [-0.25, -0.2) is 0 Å². The molecule has 1 aliphatic rings. The van der Waals surface area contributed by atoms with Crippen LogP contribution < -0.4 is 0 Å². The third-order valence-corrected chi connectivity index (χ3v) is 4.05. The molecule has 1 unspecified atom stereocenters. The Hall–Kier alpha value is -0.810.